The van der Waals surface area contributed by atoms with Gasteiger partial charge >= 0.3 is 5.97 Å². The van der Waals surface area contributed by atoms with Crippen molar-refractivity contribution in [2.45, 2.75) is 25.9 Å². The van der Waals surface area contributed by atoms with E-state index in [0.717, 1.165) is 25.0 Å². The first-order chi connectivity index (χ1) is 8.66. The molecule has 2 aliphatic rings. The SMILES string of the molecule is O=C(OCc1ccc(F)c(F)c1)C1C2CCCC21. The molecule has 0 amide bonds. The van der Waals surface area contributed by atoms with Gasteiger partial charge in [-0.1, -0.05) is 12.5 Å². The van der Waals surface area contributed by atoms with E-state index >= 15 is 0 Å². The highest BCUT2D eigenvalue weighted by Crippen LogP contribution is 2.57. The molecule has 0 spiro atoms. The molecular weight excluding hydrogens is 238 g/mol. The molecule has 0 bridgehead atoms. The predicted molar refractivity (Wildman–Crippen MR) is 60.5 cm³/mol. The molecule has 0 saturated heterocycles. The van der Waals surface area contributed by atoms with Crippen molar-refractivity contribution >= 4 is 5.97 Å². The summed E-state index contributed by atoms with van der Waals surface area (Å²) in [6, 6.07) is 3.54. The van der Waals surface area contributed by atoms with E-state index < -0.39 is 11.6 Å². The molecule has 2 saturated carbocycles. The summed E-state index contributed by atoms with van der Waals surface area (Å²) >= 11 is 0. The molecule has 4 heteroatoms. The predicted octanol–water partition coefficient (Wildman–Crippen LogP) is 3.05. The van der Waals surface area contributed by atoms with E-state index in [0.29, 0.717) is 17.4 Å². The van der Waals surface area contributed by atoms with Crippen molar-refractivity contribution < 1.29 is 18.3 Å². The van der Waals surface area contributed by atoms with Gasteiger partial charge in [0.15, 0.2) is 11.6 Å². The van der Waals surface area contributed by atoms with Crippen molar-refractivity contribution in [3.05, 3.63) is 35.4 Å². The van der Waals surface area contributed by atoms with Crippen LogP contribution in [0.25, 0.3) is 0 Å². The third-order valence-electron chi connectivity index (χ3n) is 4.04. The van der Waals surface area contributed by atoms with Gasteiger partial charge in [0.25, 0.3) is 0 Å². The van der Waals surface area contributed by atoms with Crippen LogP contribution in [0.15, 0.2) is 18.2 Å². The fraction of sp³-hybridized carbons (Fsp3) is 0.500. The van der Waals surface area contributed by atoms with Crippen molar-refractivity contribution in [2.75, 3.05) is 0 Å². The van der Waals surface area contributed by atoms with Crippen LogP contribution in [0.5, 0.6) is 0 Å². The van der Waals surface area contributed by atoms with Gasteiger partial charge in [-0.3, -0.25) is 4.79 Å². The smallest absolute Gasteiger partial charge is 0.309 e. The minimum absolute atomic E-state index is 0.0198. The average molecular weight is 252 g/mol. The summed E-state index contributed by atoms with van der Waals surface area (Å²) in [6.07, 6.45) is 3.45. The van der Waals surface area contributed by atoms with Crippen LogP contribution >= 0.6 is 0 Å². The number of benzene rings is 1. The van der Waals surface area contributed by atoms with Gasteiger partial charge in [0.05, 0.1) is 5.92 Å². The number of halogens is 2. The molecule has 96 valence electrons. The summed E-state index contributed by atoms with van der Waals surface area (Å²) in [5, 5.41) is 0. The lowest BCUT2D eigenvalue weighted by atomic mass is 10.1. The summed E-state index contributed by atoms with van der Waals surface area (Å²) in [6.45, 7) is 0.0198. The molecule has 2 unspecified atom stereocenters. The largest absolute Gasteiger partial charge is 0.461 e. The van der Waals surface area contributed by atoms with Crippen LogP contribution in [0.1, 0.15) is 24.8 Å². The van der Waals surface area contributed by atoms with E-state index in [4.69, 9.17) is 4.74 Å². The molecular formula is C14H14F2O2. The molecule has 18 heavy (non-hydrogen) atoms. The monoisotopic (exact) mass is 252 g/mol. The molecule has 0 N–H and O–H groups in total. The Morgan fingerprint density at radius 3 is 2.61 bits per heavy atom. The van der Waals surface area contributed by atoms with E-state index in [-0.39, 0.29) is 18.5 Å². The molecule has 2 fully saturated rings. The van der Waals surface area contributed by atoms with Crippen LogP contribution in [0.3, 0.4) is 0 Å². The van der Waals surface area contributed by atoms with Crippen LogP contribution in [-0.2, 0) is 16.1 Å². The van der Waals surface area contributed by atoms with E-state index in [9.17, 15) is 13.6 Å². The van der Waals surface area contributed by atoms with Crippen LogP contribution in [-0.4, -0.2) is 5.97 Å². The quantitative estimate of drug-likeness (QED) is 0.773. The van der Waals surface area contributed by atoms with Crippen molar-refractivity contribution in [3.63, 3.8) is 0 Å². The minimum atomic E-state index is -0.910. The van der Waals surface area contributed by atoms with Gasteiger partial charge in [0.1, 0.15) is 6.61 Å². The second-order valence-electron chi connectivity index (χ2n) is 5.14. The second kappa shape index (κ2) is 4.34. The van der Waals surface area contributed by atoms with E-state index in [1.54, 1.807) is 0 Å². The Labute approximate surface area is 104 Å². The van der Waals surface area contributed by atoms with E-state index in [1.807, 2.05) is 0 Å². The molecule has 3 rings (SSSR count). The summed E-state index contributed by atoms with van der Waals surface area (Å²) in [7, 11) is 0. The third kappa shape index (κ3) is 2.00. The molecule has 2 atom stereocenters. The number of carbonyl (C=O) groups is 1. The Hall–Kier alpha value is -1.45. The first kappa shape index (κ1) is 11.6. The fourth-order valence-corrected chi connectivity index (χ4v) is 3.05. The average Bonchev–Trinajstić information content (AvgIpc) is 2.84. The lowest BCUT2D eigenvalue weighted by molar-refractivity contribution is -0.147. The molecule has 2 aliphatic carbocycles. The summed E-state index contributed by atoms with van der Waals surface area (Å²) in [5.74, 6) is -0.892. The standard InChI is InChI=1S/C14H14F2O2/c15-11-5-4-8(6-12(11)16)7-18-14(17)13-9-2-1-3-10(9)13/h4-6,9-10,13H,1-3,7H2. The number of rotatable bonds is 3. The van der Waals surface area contributed by atoms with Crippen LogP contribution < -0.4 is 0 Å². The first-order valence-electron chi connectivity index (χ1n) is 6.27. The molecule has 2 nitrogen and oxygen atoms in total. The van der Waals surface area contributed by atoms with Gasteiger partial charge in [-0.15, -0.1) is 0 Å². The molecule has 0 radical (unpaired) electrons. The Kier molecular flexibility index (Phi) is 2.80. The van der Waals surface area contributed by atoms with Crippen molar-refractivity contribution in [2.24, 2.45) is 17.8 Å². The summed E-state index contributed by atoms with van der Waals surface area (Å²) < 4.78 is 30.8. The third-order valence-corrected chi connectivity index (χ3v) is 4.04. The van der Waals surface area contributed by atoms with Gasteiger partial charge in [-0.2, -0.15) is 0 Å². The lowest BCUT2D eigenvalue weighted by Crippen LogP contribution is -2.10. The van der Waals surface area contributed by atoms with Gasteiger partial charge < -0.3 is 4.74 Å². The molecule has 1 aromatic carbocycles. The molecule has 1 aromatic rings. The summed E-state index contributed by atoms with van der Waals surface area (Å²) in [4.78, 5) is 11.8. The second-order valence-corrected chi connectivity index (χ2v) is 5.14. The van der Waals surface area contributed by atoms with Crippen molar-refractivity contribution in [1.29, 1.82) is 0 Å². The van der Waals surface area contributed by atoms with Gasteiger partial charge in [0, 0.05) is 0 Å². The summed E-state index contributed by atoms with van der Waals surface area (Å²) in [5.41, 5.74) is 0.480. The number of carbonyl (C=O) groups excluding carboxylic acids is 1. The van der Waals surface area contributed by atoms with Gasteiger partial charge in [-0.05, 0) is 42.4 Å². The van der Waals surface area contributed by atoms with E-state index in [1.165, 1.54) is 12.5 Å². The highest BCUT2D eigenvalue weighted by atomic mass is 19.2. The molecule has 0 aromatic heterocycles. The number of hydrogen-bond donors (Lipinski definition) is 0. The number of fused-ring (bicyclic) bond motifs is 1. The van der Waals surface area contributed by atoms with Crippen LogP contribution in [0.4, 0.5) is 8.78 Å². The van der Waals surface area contributed by atoms with E-state index in [2.05, 4.69) is 0 Å². The van der Waals surface area contributed by atoms with Gasteiger partial charge in [0.2, 0.25) is 0 Å². The molecule has 0 heterocycles. The number of ether oxygens (including phenoxy) is 1. The normalized spacial score (nSPS) is 28.9. The van der Waals surface area contributed by atoms with Crippen molar-refractivity contribution in [3.8, 4) is 0 Å². The Morgan fingerprint density at radius 2 is 1.94 bits per heavy atom. The Bertz CT molecular complexity index is 477. The molecule has 0 aliphatic heterocycles. The minimum Gasteiger partial charge on any atom is -0.461 e. The number of hydrogen-bond acceptors (Lipinski definition) is 2. The fourth-order valence-electron chi connectivity index (χ4n) is 3.05. The number of esters is 1. The topological polar surface area (TPSA) is 26.3 Å². The zero-order valence-corrected chi connectivity index (χ0v) is 9.86. The highest BCUT2D eigenvalue weighted by Gasteiger charge is 2.57. The Balaban J connectivity index is 1.55. The van der Waals surface area contributed by atoms with Crippen LogP contribution in [0.2, 0.25) is 0 Å². The zero-order valence-electron chi connectivity index (χ0n) is 9.86. The maximum atomic E-state index is 12.9. The van der Waals surface area contributed by atoms with Crippen molar-refractivity contribution in [1.82, 2.24) is 0 Å². The maximum absolute atomic E-state index is 12.9. The Morgan fingerprint density at radius 1 is 1.22 bits per heavy atom. The maximum Gasteiger partial charge on any atom is 0.309 e. The zero-order chi connectivity index (χ0) is 12.7. The first-order valence-corrected chi connectivity index (χ1v) is 6.27. The highest BCUT2D eigenvalue weighted by molar-refractivity contribution is 5.76. The van der Waals surface area contributed by atoms with Gasteiger partial charge in [-0.25, -0.2) is 8.78 Å². The van der Waals surface area contributed by atoms with Crippen LogP contribution in [0, 0.1) is 29.4 Å². The lowest BCUT2D eigenvalue weighted by Gasteiger charge is -2.06.